The highest BCUT2D eigenvalue weighted by Gasteiger charge is 2.41. The number of Topliss-reactive ketones (excluding diaryl/α,β-unsaturated/α-hetero) is 1. The van der Waals surface area contributed by atoms with Crippen molar-refractivity contribution in [3.8, 4) is 0 Å². The number of unbranched alkanes of at least 4 members (excludes halogenated alkanes) is 2. The Balaban J connectivity index is 2.00. The normalized spacial score (nSPS) is 22.8. The van der Waals surface area contributed by atoms with E-state index in [1.807, 2.05) is 0 Å². The third kappa shape index (κ3) is 5.35. The van der Waals surface area contributed by atoms with Crippen molar-refractivity contribution in [3.05, 3.63) is 22.7 Å². The second-order valence-corrected chi connectivity index (χ2v) is 6.75. The van der Waals surface area contributed by atoms with Crippen molar-refractivity contribution in [1.29, 1.82) is 0 Å². The lowest BCUT2D eigenvalue weighted by atomic mass is 10.1. The van der Waals surface area contributed by atoms with E-state index in [2.05, 4.69) is 23.7 Å². The molecule has 146 valence electrons. The highest BCUT2D eigenvalue weighted by molar-refractivity contribution is 5.85. The maximum Gasteiger partial charge on any atom is 0.351 e. The summed E-state index contributed by atoms with van der Waals surface area (Å²) >= 11 is 0. The van der Waals surface area contributed by atoms with Gasteiger partial charge in [0.2, 0.25) is 0 Å². The minimum Gasteiger partial charge on any atom is -0.383 e. The molecular formula is C18H29FN4O3. The summed E-state index contributed by atoms with van der Waals surface area (Å²) in [5, 5.41) is 0. The number of carbonyl (C=O) groups excluding carboxylic acids is 1. The lowest BCUT2D eigenvalue weighted by Gasteiger charge is -2.23. The fourth-order valence-electron chi connectivity index (χ4n) is 3.07. The molecule has 1 aromatic rings. The van der Waals surface area contributed by atoms with Gasteiger partial charge in [-0.15, -0.1) is 0 Å². The first-order valence-corrected chi connectivity index (χ1v) is 9.35. The Kier molecular flexibility index (Phi) is 7.71. The van der Waals surface area contributed by atoms with Gasteiger partial charge in [-0.2, -0.15) is 4.98 Å². The molecule has 1 fully saturated rings. The van der Waals surface area contributed by atoms with Gasteiger partial charge >= 0.3 is 5.69 Å². The summed E-state index contributed by atoms with van der Waals surface area (Å²) in [5.74, 6) is -0.181. The molecule has 1 aliphatic heterocycles. The van der Waals surface area contributed by atoms with Crippen molar-refractivity contribution in [3.63, 3.8) is 0 Å². The van der Waals surface area contributed by atoms with Crippen molar-refractivity contribution in [2.24, 2.45) is 0 Å². The molecule has 7 nitrogen and oxygen atoms in total. The number of nitrogens with two attached hydrogens (primary N) is 1. The number of halogens is 1. The van der Waals surface area contributed by atoms with Gasteiger partial charge in [-0.25, -0.2) is 9.18 Å². The smallest absolute Gasteiger partial charge is 0.351 e. The number of hydrogen-bond acceptors (Lipinski definition) is 6. The van der Waals surface area contributed by atoms with E-state index >= 15 is 0 Å². The number of carbonyl (C=O) groups is 1. The molecular weight excluding hydrogens is 339 g/mol. The van der Waals surface area contributed by atoms with E-state index in [1.54, 1.807) is 0 Å². The molecule has 2 rings (SSSR count). The Labute approximate surface area is 153 Å². The third-order valence-electron chi connectivity index (χ3n) is 4.57. The summed E-state index contributed by atoms with van der Waals surface area (Å²) in [6.45, 7) is 6.00. The van der Waals surface area contributed by atoms with Gasteiger partial charge in [0.1, 0.15) is 18.2 Å². The number of anilines is 1. The molecule has 0 aromatic carbocycles. The van der Waals surface area contributed by atoms with Gasteiger partial charge in [0.05, 0.1) is 6.54 Å². The van der Waals surface area contributed by atoms with Crippen LogP contribution in [0.15, 0.2) is 17.1 Å². The Hall–Kier alpha value is -1.80. The fourth-order valence-corrected chi connectivity index (χ4v) is 3.07. The summed E-state index contributed by atoms with van der Waals surface area (Å²) in [5.41, 5.74) is 4.86. The highest BCUT2D eigenvalue weighted by atomic mass is 19.1. The van der Waals surface area contributed by atoms with Crippen molar-refractivity contribution in [2.45, 2.75) is 64.5 Å². The zero-order valence-electron chi connectivity index (χ0n) is 15.6. The number of alkyl halides is 1. The van der Waals surface area contributed by atoms with Crippen LogP contribution in [0.5, 0.6) is 0 Å². The molecule has 1 saturated heterocycles. The van der Waals surface area contributed by atoms with Crippen LogP contribution >= 0.6 is 0 Å². The van der Waals surface area contributed by atoms with Crippen LogP contribution in [-0.2, 0) is 9.53 Å². The topological polar surface area (TPSA) is 90.4 Å². The molecule has 0 unspecified atom stereocenters. The Bertz CT molecular complexity index is 644. The summed E-state index contributed by atoms with van der Waals surface area (Å²) < 4.78 is 21.2. The van der Waals surface area contributed by atoms with Crippen LogP contribution in [0.25, 0.3) is 0 Å². The number of nitrogen functional groups attached to an aromatic ring is 1. The number of rotatable bonds is 10. The summed E-state index contributed by atoms with van der Waals surface area (Å²) in [6, 6.07) is 1.45. The van der Waals surface area contributed by atoms with Gasteiger partial charge in [-0.3, -0.25) is 14.3 Å². The Morgan fingerprint density at radius 2 is 2.04 bits per heavy atom. The SMILES string of the molecule is CCCCN(CCCC)CC(=O)[C@H]1O[C@@H](n2ccc(N)nc2=O)C[C@@H]1F. The molecule has 1 aliphatic rings. The fraction of sp³-hybridized carbons (Fsp3) is 0.722. The van der Waals surface area contributed by atoms with E-state index in [4.69, 9.17) is 10.5 Å². The first-order valence-electron chi connectivity index (χ1n) is 9.35. The first-order chi connectivity index (χ1) is 12.5. The predicted octanol–water partition coefficient (Wildman–Crippen LogP) is 1.92. The minimum absolute atomic E-state index is 0.0498. The summed E-state index contributed by atoms with van der Waals surface area (Å²) in [7, 11) is 0. The number of aromatic nitrogens is 2. The number of ether oxygens (including phenoxy) is 1. The van der Waals surface area contributed by atoms with Crippen LogP contribution in [0, 0.1) is 0 Å². The Morgan fingerprint density at radius 1 is 1.38 bits per heavy atom. The van der Waals surface area contributed by atoms with Crippen LogP contribution in [0.3, 0.4) is 0 Å². The maximum absolute atomic E-state index is 14.4. The van der Waals surface area contributed by atoms with Crippen LogP contribution in [0.2, 0.25) is 0 Å². The molecule has 0 aliphatic carbocycles. The first kappa shape index (κ1) is 20.5. The average Bonchev–Trinajstić information content (AvgIpc) is 2.98. The zero-order chi connectivity index (χ0) is 19.1. The van der Waals surface area contributed by atoms with Crippen molar-refractivity contribution in [2.75, 3.05) is 25.4 Å². The largest absolute Gasteiger partial charge is 0.383 e. The van der Waals surface area contributed by atoms with Gasteiger partial charge in [0.25, 0.3) is 0 Å². The molecule has 2 N–H and O–H groups in total. The second-order valence-electron chi connectivity index (χ2n) is 6.75. The van der Waals surface area contributed by atoms with Gasteiger partial charge < -0.3 is 10.5 Å². The van der Waals surface area contributed by atoms with Crippen LogP contribution < -0.4 is 11.4 Å². The van der Waals surface area contributed by atoms with Crippen molar-refractivity contribution < 1.29 is 13.9 Å². The monoisotopic (exact) mass is 368 g/mol. The molecule has 8 heteroatoms. The van der Waals surface area contributed by atoms with E-state index in [0.29, 0.717) is 0 Å². The summed E-state index contributed by atoms with van der Waals surface area (Å²) in [4.78, 5) is 30.2. The lowest BCUT2D eigenvalue weighted by molar-refractivity contribution is -0.135. The molecule has 0 bridgehead atoms. The number of ketones is 1. The van der Waals surface area contributed by atoms with E-state index < -0.39 is 24.2 Å². The van der Waals surface area contributed by atoms with E-state index in [9.17, 15) is 14.0 Å². The molecule has 0 radical (unpaired) electrons. The maximum atomic E-state index is 14.4. The van der Waals surface area contributed by atoms with Gasteiger partial charge in [0.15, 0.2) is 11.9 Å². The van der Waals surface area contributed by atoms with Crippen LogP contribution in [0.1, 0.15) is 52.2 Å². The molecule has 2 heterocycles. The number of nitrogens with zero attached hydrogens (tertiary/aromatic N) is 3. The van der Waals surface area contributed by atoms with Crippen LogP contribution in [0.4, 0.5) is 10.2 Å². The molecule has 3 atom stereocenters. The molecule has 0 amide bonds. The molecule has 0 spiro atoms. The standard InChI is InChI=1S/C18H29FN4O3/c1-3-5-8-22(9-6-4-2)12-14(24)17-13(19)11-16(26-17)23-10-7-15(20)21-18(23)25/h7,10,13,16-17H,3-6,8-9,11-12H2,1-2H3,(H2,20,21,25)/t13-,16+,17-/m0/s1. The minimum atomic E-state index is -1.43. The third-order valence-corrected chi connectivity index (χ3v) is 4.57. The van der Waals surface area contributed by atoms with Crippen molar-refractivity contribution >= 4 is 11.6 Å². The van der Waals surface area contributed by atoms with Gasteiger partial charge in [-0.1, -0.05) is 26.7 Å². The lowest BCUT2D eigenvalue weighted by Crippen LogP contribution is -2.39. The molecule has 26 heavy (non-hydrogen) atoms. The predicted molar refractivity (Wildman–Crippen MR) is 97.6 cm³/mol. The van der Waals surface area contributed by atoms with Crippen molar-refractivity contribution in [1.82, 2.24) is 14.5 Å². The number of hydrogen-bond donors (Lipinski definition) is 1. The Morgan fingerprint density at radius 3 is 2.62 bits per heavy atom. The van der Waals surface area contributed by atoms with E-state index in [-0.39, 0.29) is 24.6 Å². The highest BCUT2D eigenvalue weighted by Crippen LogP contribution is 2.30. The average molecular weight is 368 g/mol. The molecule has 0 saturated carbocycles. The zero-order valence-corrected chi connectivity index (χ0v) is 15.6. The van der Waals surface area contributed by atoms with E-state index in [1.165, 1.54) is 16.8 Å². The molecule has 1 aromatic heterocycles. The summed E-state index contributed by atoms with van der Waals surface area (Å²) in [6.07, 6.45) is 2.03. The second kappa shape index (κ2) is 9.78. The quantitative estimate of drug-likeness (QED) is 0.679. The van der Waals surface area contributed by atoms with E-state index in [0.717, 1.165) is 38.8 Å². The van der Waals surface area contributed by atoms with Gasteiger partial charge in [0, 0.05) is 12.6 Å². The van der Waals surface area contributed by atoms with Crippen LogP contribution in [-0.4, -0.2) is 52.1 Å². The van der Waals surface area contributed by atoms with Gasteiger partial charge in [-0.05, 0) is 32.0 Å².